The van der Waals surface area contributed by atoms with E-state index in [9.17, 15) is 4.79 Å². The Labute approximate surface area is 115 Å². The number of hydrogen-bond donors (Lipinski definition) is 0. The van der Waals surface area contributed by atoms with Crippen LogP contribution in [0.5, 0.6) is 5.75 Å². The molecule has 0 saturated carbocycles. The number of carbonyl (C=O) groups excluding carboxylic acids is 1. The third-order valence-corrected chi connectivity index (χ3v) is 3.26. The van der Waals surface area contributed by atoms with Gasteiger partial charge in [0.25, 0.3) is 0 Å². The molecule has 0 heterocycles. The van der Waals surface area contributed by atoms with Crippen molar-refractivity contribution >= 4 is 17.7 Å². The van der Waals surface area contributed by atoms with Gasteiger partial charge in [0, 0.05) is 4.90 Å². The zero-order valence-corrected chi connectivity index (χ0v) is 11.1. The minimum Gasteiger partial charge on any atom is -0.423 e. The highest BCUT2D eigenvalue weighted by Crippen LogP contribution is 2.17. The normalized spacial score (nSPS) is 9.68. The Bertz CT molecular complexity index is 612. The number of thioether (sulfide) groups is 1. The second-order valence-electron chi connectivity index (χ2n) is 3.75. The predicted octanol–water partition coefficient (Wildman–Crippen LogP) is 3.50. The first-order valence-electron chi connectivity index (χ1n) is 5.59. The number of carbonyl (C=O) groups is 1. The monoisotopic (exact) mass is 269 g/mol. The minimum absolute atomic E-state index is 0.405. The Hall–Kier alpha value is -2.25. The van der Waals surface area contributed by atoms with Gasteiger partial charge in [0.15, 0.2) is 0 Å². The molecular weight excluding hydrogens is 258 g/mol. The van der Waals surface area contributed by atoms with Crippen molar-refractivity contribution in [2.75, 3.05) is 6.26 Å². The average Bonchev–Trinajstić information content (AvgIpc) is 2.48. The topological polar surface area (TPSA) is 50.1 Å². The smallest absolute Gasteiger partial charge is 0.343 e. The predicted molar refractivity (Wildman–Crippen MR) is 74.3 cm³/mol. The molecule has 0 aliphatic rings. The molecule has 94 valence electrons. The van der Waals surface area contributed by atoms with Crippen molar-refractivity contribution in [1.82, 2.24) is 0 Å². The molecule has 0 bridgehead atoms. The molecule has 0 aromatic heterocycles. The van der Waals surface area contributed by atoms with Gasteiger partial charge in [0.2, 0.25) is 0 Å². The maximum atomic E-state index is 11.9. The van der Waals surface area contributed by atoms with Crippen LogP contribution in [0.25, 0.3) is 0 Å². The lowest BCUT2D eigenvalue weighted by atomic mass is 10.2. The molecule has 0 spiro atoms. The van der Waals surface area contributed by atoms with Crippen molar-refractivity contribution < 1.29 is 9.53 Å². The molecule has 4 heteroatoms. The van der Waals surface area contributed by atoms with Crippen LogP contribution in [0.3, 0.4) is 0 Å². The summed E-state index contributed by atoms with van der Waals surface area (Å²) >= 11 is 1.61. The van der Waals surface area contributed by atoms with Crippen LogP contribution in [0.4, 0.5) is 0 Å². The fourth-order valence-electron chi connectivity index (χ4n) is 1.49. The Morgan fingerprint density at radius 2 is 1.74 bits per heavy atom. The van der Waals surface area contributed by atoms with Gasteiger partial charge in [-0.05, 0) is 54.8 Å². The quantitative estimate of drug-likeness (QED) is 0.486. The Balaban J connectivity index is 2.09. The van der Waals surface area contributed by atoms with Gasteiger partial charge in [-0.2, -0.15) is 5.26 Å². The van der Waals surface area contributed by atoms with E-state index in [1.54, 1.807) is 48.2 Å². The van der Waals surface area contributed by atoms with Crippen molar-refractivity contribution in [3.05, 3.63) is 59.7 Å². The van der Waals surface area contributed by atoms with Crippen molar-refractivity contribution in [1.29, 1.82) is 5.26 Å². The van der Waals surface area contributed by atoms with Crippen LogP contribution in [-0.2, 0) is 0 Å². The standard InChI is InChI=1S/C15H11NO2S/c1-19-14-8-4-12(5-9-14)15(17)18-13-6-2-11(10-16)3-7-13/h2-9H,1H3. The summed E-state index contributed by atoms with van der Waals surface area (Å²) in [5.74, 6) is 0.0234. The molecule has 0 fully saturated rings. The lowest BCUT2D eigenvalue weighted by Gasteiger charge is -2.04. The van der Waals surface area contributed by atoms with Crippen LogP contribution >= 0.6 is 11.8 Å². The summed E-state index contributed by atoms with van der Waals surface area (Å²) in [7, 11) is 0. The van der Waals surface area contributed by atoms with E-state index in [-0.39, 0.29) is 0 Å². The van der Waals surface area contributed by atoms with Crippen LogP contribution in [0.2, 0.25) is 0 Å². The van der Waals surface area contributed by atoms with Gasteiger partial charge in [0.05, 0.1) is 17.2 Å². The zero-order chi connectivity index (χ0) is 13.7. The minimum atomic E-state index is -0.405. The van der Waals surface area contributed by atoms with Crippen LogP contribution < -0.4 is 4.74 Å². The molecule has 19 heavy (non-hydrogen) atoms. The number of esters is 1. The molecule has 2 rings (SSSR count). The third kappa shape index (κ3) is 3.36. The first-order chi connectivity index (χ1) is 9.22. The molecular formula is C15H11NO2S. The number of hydrogen-bond acceptors (Lipinski definition) is 4. The van der Waals surface area contributed by atoms with E-state index < -0.39 is 5.97 Å². The summed E-state index contributed by atoms with van der Waals surface area (Å²) in [6, 6.07) is 15.7. The number of rotatable bonds is 3. The summed E-state index contributed by atoms with van der Waals surface area (Å²) in [6.45, 7) is 0. The first kappa shape index (κ1) is 13.2. The first-order valence-corrected chi connectivity index (χ1v) is 6.82. The largest absolute Gasteiger partial charge is 0.423 e. The second kappa shape index (κ2) is 6.07. The second-order valence-corrected chi connectivity index (χ2v) is 4.63. The molecule has 2 aromatic rings. The van der Waals surface area contributed by atoms with Gasteiger partial charge < -0.3 is 4.74 Å². The number of nitriles is 1. The van der Waals surface area contributed by atoms with E-state index in [1.807, 2.05) is 24.5 Å². The van der Waals surface area contributed by atoms with Gasteiger partial charge >= 0.3 is 5.97 Å². The molecule has 2 aromatic carbocycles. The number of ether oxygens (including phenoxy) is 1. The van der Waals surface area contributed by atoms with Crippen LogP contribution in [0.1, 0.15) is 15.9 Å². The molecule has 0 aliphatic carbocycles. The molecule has 0 unspecified atom stereocenters. The Morgan fingerprint density at radius 3 is 2.26 bits per heavy atom. The summed E-state index contributed by atoms with van der Waals surface area (Å²) in [5, 5.41) is 8.68. The summed E-state index contributed by atoms with van der Waals surface area (Å²) in [6.07, 6.45) is 1.98. The third-order valence-electron chi connectivity index (χ3n) is 2.52. The SMILES string of the molecule is CSc1ccc(C(=O)Oc2ccc(C#N)cc2)cc1. The Kier molecular flexibility index (Phi) is 4.22. The molecule has 3 nitrogen and oxygen atoms in total. The number of benzene rings is 2. The highest BCUT2D eigenvalue weighted by Gasteiger charge is 2.08. The van der Waals surface area contributed by atoms with Crippen LogP contribution in [-0.4, -0.2) is 12.2 Å². The van der Waals surface area contributed by atoms with Crippen molar-refractivity contribution in [2.45, 2.75) is 4.90 Å². The zero-order valence-electron chi connectivity index (χ0n) is 10.3. The molecule has 0 N–H and O–H groups in total. The molecule has 0 aliphatic heterocycles. The Morgan fingerprint density at radius 1 is 1.11 bits per heavy atom. The summed E-state index contributed by atoms with van der Waals surface area (Å²) < 4.78 is 5.22. The maximum Gasteiger partial charge on any atom is 0.343 e. The van der Waals surface area contributed by atoms with Gasteiger partial charge in [-0.1, -0.05) is 0 Å². The van der Waals surface area contributed by atoms with E-state index in [0.29, 0.717) is 16.9 Å². The summed E-state index contributed by atoms with van der Waals surface area (Å²) in [5.41, 5.74) is 1.03. The van der Waals surface area contributed by atoms with Gasteiger partial charge in [-0.3, -0.25) is 0 Å². The van der Waals surface area contributed by atoms with E-state index >= 15 is 0 Å². The van der Waals surface area contributed by atoms with E-state index in [1.165, 1.54) is 0 Å². The van der Waals surface area contributed by atoms with Crippen molar-refractivity contribution in [2.24, 2.45) is 0 Å². The van der Waals surface area contributed by atoms with E-state index in [4.69, 9.17) is 10.00 Å². The average molecular weight is 269 g/mol. The van der Waals surface area contributed by atoms with Crippen LogP contribution in [0, 0.1) is 11.3 Å². The van der Waals surface area contributed by atoms with Gasteiger partial charge in [-0.25, -0.2) is 4.79 Å². The molecule has 0 saturated heterocycles. The lowest BCUT2D eigenvalue weighted by molar-refractivity contribution is 0.0734. The lowest BCUT2D eigenvalue weighted by Crippen LogP contribution is -2.08. The molecule has 0 amide bonds. The number of nitrogens with zero attached hydrogens (tertiary/aromatic N) is 1. The maximum absolute atomic E-state index is 11.9. The van der Waals surface area contributed by atoms with E-state index in [2.05, 4.69) is 0 Å². The van der Waals surface area contributed by atoms with Gasteiger partial charge in [0.1, 0.15) is 5.75 Å². The fourth-order valence-corrected chi connectivity index (χ4v) is 1.90. The molecule has 0 atom stereocenters. The highest BCUT2D eigenvalue weighted by molar-refractivity contribution is 7.98. The molecule has 0 radical (unpaired) electrons. The van der Waals surface area contributed by atoms with E-state index in [0.717, 1.165) is 4.90 Å². The fraction of sp³-hybridized carbons (Fsp3) is 0.0667. The van der Waals surface area contributed by atoms with Crippen molar-refractivity contribution in [3.8, 4) is 11.8 Å². The van der Waals surface area contributed by atoms with Crippen molar-refractivity contribution in [3.63, 3.8) is 0 Å². The highest BCUT2D eigenvalue weighted by atomic mass is 32.2. The van der Waals surface area contributed by atoms with Gasteiger partial charge in [-0.15, -0.1) is 11.8 Å². The summed E-state index contributed by atoms with van der Waals surface area (Å²) in [4.78, 5) is 13.0. The van der Waals surface area contributed by atoms with Crippen LogP contribution in [0.15, 0.2) is 53.4 Å².